The number of nitriles is 1. The molecule has 1 aromatic rings. The molecule has 1 saturated heterocycles. The van der Waals surface area contributed by atoms with E-state index >= 15 is 0 Å². The maximum atomic E-state index is 10.00. The lowest BCUT2D eigenvalue weighted by Crippen LogP contribution is -2.49. The third-order valence-corrected chi connectivity index (χ3v) is 4.24. The standard InChI is InChI=1S/C15H20N4O/c16-9-13-10-17-4-3-14(13)19-7-5-18(6-8-19)11-15(20)12-1-2-12/h3-4,10,12,15,20H,1-2,5-8,11H2. The molecule has 1 saturated carbocycles. The van der Waals surface area contributed by atoms with Crippen molar-refractivity contribution < 1.29 is 5.11 Å². The van der Waals surface area contributed by atoms with Gasteiger partial charge in [-0.25, -0.2) is 0 Å². The van der Waals surface area contributed by atoms with Crippen LogP contribution in [0.15, 0.2) is 18.5 Å². The van der Waals surface area contributed by atoms with Crippen LogP contribution in [0.1, 0.15) is 18.4 Å². The number of β-amino-alcohol motifs (C(OH)–C–C–N with tert-alkyl or cyclic N) is 1. The highest BCUT2D eigenvalue weighted by molar-refractivity contribution is 5.58. The zero-order chi connectivity index (χ0) is 13.9. The monoisotopic (exact) mass is 272 g/mol. The molecule has 1 N–H and O–H groups in total. The van der Waals surface area contributed by atoms with Crippen LogP contribution in [0.3, 0.4) is 0 Å². The third-order valence-electron chi connectivity index (χ3n) is 4.24. The summed E-state index contributed by atoms with van der Waals surface area (Å²) in [6, 6.07) is 4.11. The molecular weight excluding hydrogens is 252 g/mol. The van der Waals surface area contributed by atoms with Crippen molar-refractivity contribution >= 4 is 5.69 Å². The molecule has 0 bridgehead atoms. The van der Waals surface area contributed by atoms with Crippen LogP contribution in [0.5, 0.6) is 0 Å². The smallest absolute Gasteiger partial charge is 0.103 e. The van der Waals surface area contributed by atoms with E-state index in [0.29, 0.717) is 11.5 Å². The predicted molar refractivity (Wildman–Crippen MR) is 76.3 cm³/mol. The maximum Gasteiger partial charge on any atom is 0.103 e. The van der Waals surface area contributed by atoms with Crippen molar-refractivity contribution in [3.63, 3.8) is 0 Å². The summed E-state index contributed by atoms with van der Waals surface area (Å²) in [7, 11) is 0. The van der Waals surface area contributed by atoms with Crippen molar-refractivity contribution in [3.05, 3.63) is 24.0 Å². The van der Waals surface area contributed by atoms with Crippen molar-refractivity contribution in [2.45, 2.75) is 18.9 Å². The third kappa shape index (κ3) is 2.92. The van der Waals surface area contributed by atoms with Crippen molar-refractivity contribution in [1.82, 2.24) is 9.88 Å². The largest absolute Gasteiger partial charge is 0.392 e. The van der Waals surface area contributed by atoms with Gasteiger partial charge in [-0.1, -0.05) is 0 Å². The van der Waals surface area contributed by atoms with Crippen LogP contribution in [0.25, 0.3) is 0 Å². The average molecular weight is 272 g/mol. The molecule has 5 nitrogen and oxygen atoms in total. The van der Waals surface area contributed by atoms with Gasteiger partial charge in [0.1, 0.15) is 6.07 Å². The van der Waals surface area contributed by atoms with Crippen LogP contribution in [-0.2, 0) is 0 Å². The average Bonchev–Trinajstić information content (AvgIpc) is 3.33. The van der Waals surface area contributed by atoms with Gasteiger partial charge < -0.3 is 10.0 Å². The fourth-order valence-electron chi connectivity index (χ4n) is 2.81. The molecule has 1 aliphatic heterocycles. The van der Waals surface area contributed by atoms with E-state index in [1.807, 2.05) is 6.07 Å². The summed E-state index contributed by atoms with van der Waals surface area (Å²) >= 11 is 0. The van der Waals surface area contributed by atoms with Gasteiger partial charge in [0.15, 0.2) is 0 Å². The van der Waals surface area contributed by atoms with Crippen LogP contribution >= 0.6 is 0 Å². The summed E-state index contributed by atoms with van der Waals surface area (Å²) < 4.78 is 0. The van der Waals surface area contributed by atoms with Crippen LogP contribution in [0, 0.1) is 17.2 Å². The number of aliphatic hydroxyl groups is 1. The summed E-state index contributed by atoms with van der Waals surface area (Å²) in [6.07, 6.45) is 5.57. The molecule has 2 heterocycles. The Morgan fingerprint density at radius 2 is 2.10 bits per heavy atom. The van der Waals surface area contributed by atoms with E-state index in [0.717, 1.165) is 38.4 Å². The molecule has 0 aromatic carbocycles. The second-order valence-electron chi connectivity index (χ2n) is 5.70. The first-order chi connectivity index (χ1) is 9.78. The molecule has 2 aliphatic rings. The Labute approximate surface area is 119 Å². The van der Waals surface area contributed by atoms with Gasteiger partial charge in [-0.15, -0.1) is 0 Å². The summed E-state index contributed by atoms with van der Waals surface area (Å²) in [6.45, 7) is 4.47. The highest BCUT2D eigenvalue weighted by Crippen LogP contribution is 2.33. The van der Waals surface area contributed by atoms with Crippen molar-refractivity contribution in [1.29, 1.82) is 5.26 Å². The zero-order valence-electron chi connectivity index (χ0n) is 11.6. The Morgan fingerprint density at radius 3 is 2.75 bits per heavy atom. The van der Waals surface area contributed by atoms with Gasteiger partial charge in [-0.05, 0) is 24.8 Å². The molecular formula is C15H20N4O. The lowest BCUT2D eigenvalue weighted by atomic mass is 10.1. The predicted octanol–water partition coefficient (Wildman–Crippen LogP) is 0.846. The van der Waals surface area contributed by atoms with Gasteiger partial charge in [0.05, 0.1) is 17.4 Å². The van der Waals surface area contributed by atoms with Gasteiger partial charge in [-0.3, -0.25) is 9.88 Å². The minimum Gasteiger partial charge on any atom is -0.392 e. The first kappa shape index (κ1) is 13.3. The number of pyridine rings is 1. The molecule has 1 atom stereocenters. The summed E-state index contributed by atoms with van der Waals surface area (Å²) in [5.41, 5.74) is 1.61. The van der Waals surface area contributed by atoms with E-state index in [4.69, 9.17) is 5.26 Å². The topological polar surface area (TPSA) is 63.4 Å². The Kier molecular flexibility index (Phi) is 3.86. The van der Waals surface area contributed by atoms with Gasteiger partial charge in [0, 0.05) is 45.1 Å². The summed E-state index contributed by atoms with van der Waals surface area (Å²) in [4.78, 5) is 8.56. The van der Waals surface area contributed by atoms with E-state index in [9.17, 15) is 5.11 Å². The number of anilines is 1. The van der Waals surface area contributed by atoms with Crippen molar-refractivity contribution in [2.75, 3.05) is 37.6 Å². The van der Waals surface area contributed by atoms with Gasteiger partial charge in [-0.2, -0.15) is 5.26 Å². The van der Waals surface area contributed by atoms with Gasteiger partial charge in [0.25, 0.3) is 0 Å². The van der Waals surface area contributed by atoms with E-state index in [2.05, 4.69) is 20.9 Å². The van der Waals surface area contributed by atoms with Crippen molar-refractivity contribution in [2.24, 2.45) is 5.92 Å². The Morgan fingerprint density at radius 1 is 1.35 bits per heavy atom. The second kappa shape index (κ2) is 5.78. The second-order valence-corrected chi connectivity index (χ2v) is 5.70. The normalized spacial score (nSPS) is 21.5. The number of hydrogen-bond donors (Lipinski definition) is 1. The van der Waals surface area contributed by atoms with E-state index in [1.165, 1.54) is 12.8 Å². The summed E-state index contributed by atoms with van der Waals surface area (Å²) in [5, 5.41) is 19.1. The first-order valence-electron chi connectivity index (χ1n) is 7.27. The van der Waals surface area contributed by atoms with Crippen molar-refractivity contribution in [3.8, 4) is 6.07 Å². The zero-order valence-corrected chi connectivity index (χ0v) is 11.6. The molecule has 3 rings (SSSR count). The molecule has 0 radical (unpaired) electrons. The quantitative estimate of drug-likeness (QED) is 0.880. The lowest BCUT2D eigenvalue weighted by Gasteiger charge is -2.37. The highest BCUT2D eigenvalue weighted by Gasteiger charge is 2.31. The number of aromatic nitrogens is 1. The van der Waals surface area contributed by atoms with E-state index in [1.54, 1.807) is 12.4 Å². The number of nitrogens with zero attached hydrogens (tertiary/aromatic N) is 4. The van der Waals surface area contributed by atoms with E-state index in [-0.39, 0.29) is 6.10 Å². The molecule has 5 heteroatoms. The first-order valence-corrected chi connectivity index (χ1v) is 7.27. The molecule has 0 spiro atoms. The number of rotatable bonds is 4. The van der Waals surface area contributed by atoms with Crippen LogP contribution in [0.2, 0.25) is 0 Å². The molecule has 1 unspecified atom stereocenters. The molecule has 1 aromatic heterocycles. The highest BCUT2D eigenvalue weighted by atomic mass is 16.3. The number of piperazine rings is 1. The Bertz CT molecular complexity index is 501. The van der Waals surface area contributed by atoms with Gasteiger partial charge >= 0.3 is 0 Å². The van der Waals surface area contributed by atoms with Crippen LogP contribution in [-0.4, -0.2) is 53.8 Å². The number of hydrogen-bond acceptors (Lipinski definition) is 5. The molecule has 106 valence electrons. The molecule has 2 fully saturated rings. The number of aliphatic hydroxyl groups excluding tert-OH is 1. The van der Waals surface area contributed by atoms with Crippen LogP contribution < -0.4 is 4.90 Å². The minimum atomic E-state index is -0.155. The Balaban J connectivity index is 1.56. The molecule has 20 heavy (non-hydrogen) atoms. The van der Waals surface area contributed by atoms with E-state index < -0.39 is 0 Å². The fourth-order valence-corrected chi connectivity index (χ4v) is 2.81. The lowest BCUT2D eigenvalue weighted by molar-refractivity contribution is 0.0922. The van der Waals surface area contributed by atoms with Crippen LogP contribution in [0.4, 0.5) is 5.69 Å². The molecule has 1 aliphatic carbocycles. The Hall–Kier alpha value is -1.64. The molecule has 0 amide bonds. The fraction of sp³-hybridized carbons (Fsp3) is 0.600. The summed E-state index contributed by atoms with van der Waals surface area (Å²) in [5.74, 6) is 0.540. The minimum absolute atomic E-state index is 0.155. The maximum absolute atomic E-state index is 10.00. The van der Waals surface area contributed by atoms with Gasteiger partial charge in [0.2, 0.25) is 0 Å². The SMILES string of the molecule is N#Cc1cnccc1N1CCN(CC(O)C2CC2)CC1.